The summed E-state index contributed by atoms with van der Waals surface area (Å²) in [5.41, 5.74) is 1.40. The van der Waals surface area contributed by atoms with Crippen LogP contribution in [-0.2, 0) is 10.0 Å². The number of hydrogen-bond donors (Lipinski definition) is 3. The molecule has 0 saturated carbocycles. The van der Waals surface area contributed by atoms with Crippen molar-refractivity contribution in [2.75, 3.05) is 19.3 Å². The van der Waals surface area contributed by atoms with Crippen LogP contribution in [0.15, 0.2) is 30.5 Å². The fourth-order valence-corrected chi connectivity index (χ4v) is 2.35. The smallest absolute Gasteiger partial charge is 0.251 e. The number of H-pyrrole nitrogens is 1. The highest BCUT2D eigenvalue weighted by atomic mass is 32.2. The predicted molar refractivity (Wildman–Crippen MR) is 73.5 cm³/mol. The largest absolute Gasteiger partial charge is 0.361 e. The van der Waals surface area contributed by atoms with E-state index in [1.807, 2.05) is 12.1 Å². The Labute approximate surface area is 111 Å². The number of nitrogens with one attached hydrogen (secondary N) is 3. The molecule has 0 aliphatic rings. The molecule has 6 nitrogen and oxygen atoms in total. The summed E-state index contributed by atoms with van der Waals surface area (Å²) in [7, 11) is -1.95. The normalized spacial score (nSPS) is 11.6. The third-order valence-corrected chi connectivity index (χ3v) is 4.17. The lowest BCUT2D eigenvalue weighted by molar-refractivity contribution is 0.0958. The SMILES string of the molecule is CNS(=O)(=O)CCNC(=O)c1cccc2[nH]ccc12. The maximum Gasteiger partial charge on any atom is 0.251 e. The van der Waals surface area contributed by atoms with Gasteiger partial charge in [0.05, 0.1) is 5.75 Å². The summed E-state index contributed by atoms with van der Waals surface area (Å²) in [6.45, 7) is 0.0722. The molecule has 0 unspecified atom stereocenters. The van der Waals surface area contributed by atoms with Gasteiger partial charge in [0, 0.05) is 29.2 Å². The highest BCUT2D eigenvalue weighted by Gasteiger charge is 2.12. The minimum atomic E-state index is -3.30. The molecule has 0 bridgehead atoms. The lowest BCUT2D eigenvalue weighted by Gasteiger charge is -2.06. The Hall–Kier alpha value is -1.86. The first-order chi connectivity index (χ1) is 9.03. The van der Waals surface area contributed by atoms with Crippen molar-refractivity contribution in [3.63, 3.8) is 0 Å². The van der Waals surface area contributed by atoms with Gasteiger partial charge in [-0.1, -0.05) is 6.07 Å². The summed E-state index contributed by atoms with van der Waals surface area (Å²) in [5.74, 6) is -0.422. The van der Waals surface area contributed by atoms with E-state index in [-0.39, 0.29) is 18.2 Å². The molecule has 0 aliphatic carbocycles. The summed E-state index contributed by atoms with van der Waals surface area (Å²) in [6, 6.07) is 7.17. The molecule has 0 saturated heterocycles. The van der Waals surface area contributed by atoms with Crippen LogP contribution in [0.1, 0.15) is 10.4 Å². The molecular formula is C12H15N3O3S. The first-order valence-electron chi connectivity index (χ1n) is 5.79. The Morgan fingerprint density at radius 2 is 2.11 bits per heavy atom. The van der Waals surface area contributed by atoms with Crippen molar-refractivity contribution in [1.82, 2.24) is 15.0 Å². The number of fused-ring (bicyclic) bond motifs is 1. The monoisotopic (exact) mass is 281 g/mol. The fraction of sp³-hybridized carbons (Fsp3) is 0.250. The zero-order valence-electron chi connectivity index (χ0n) is 10.4. The van der Waals surface area contributed by atoms with Gasteiger partial charge in [0.1, 0.15) is 0 Å². The molecule has 3 N–H and O–H groups in total. The van der Waals surface area contributed by atoms with Crippen molar-refractivity contribution in [3.05, 3.63) is 36.0 Å². The first kappa shape index (κ1) is 13.6. The summed E-state index contributed by atoms with van der Waals surface area (Å²) in [4.78, 5) is 15.0. The van der Waals surface area contributed by atoms with Gasteiger partial charge < -0.3 is 10.3 Å². The van der Waals surface area contributed by atoms with Crippen molar-refractivity contribution in [2.45, 2.75) is 0 Å². The van der Waals surface area contributed by atoms with Crippen LogP contribution >= 0.6 is 0 Å². The maximum atomic E-state index is 12.0. The maximum absolute atomic E-state index is 12.0. The number of carbonyl (C=O) groups is 1. The number of benzene rings is 1. The highest BCUT2D eigenvalue weighted by Crippen LogP contribution is 2.16. The number of sulfonamides is 1. The molecule has 1 heterocycles. The third-order valence-electron chi connectivity index (χ3n) is 2.81. The average molecular weight is 281 g/mol. The number of aromatic nitrogens is 1. The van der Waals surface area contributed by atoms with Crippen LogP contribution in [0.5, 0.6) is 0 Å². The second-order valence-electron chi connectivity index (χ2n) is 4.02. The predicted octanol–water partition coefficient (Wildman–Crippen LogP) is 0.447. The molecule has 0 atom stereocenters. The molecule has 7 heteroatoms. The lowest BCUT2D eigenvalue weighted by atomic mass is 10.1. The van der Waals surface area contributed by atoms with Crippen LogP contribution in [0.25, 0.3) is 10.9 Å². The number of rotatable bonds is 5. The van der Waals surface area contributed by atoms with Gasteiger partial charge in [-0.05, 0) is 25.2 Å². The van der Waals surface area contributed by atoms with Crippen molar-refractivity contribution in [2.24, 2.45) is 0 Å². The molecule has 1 amide bonds. The molecule has 0 fully saturated rings. The van der Waals surface area contributed by atoms with Gasteiger partial charge in [-0.25, -0.2) is 13.1 Å². The Morgan fingerprint density at radius 1 is 1.32 bits per heavy atom. The minimum Gasteiger partial charge on any atom is -0.361 e. The fourth-order valence-electron chi connectivity index (χ4n) is 1.78. The van der Waals surface area contributed by atoms with E-state index in [0.29, 0.717) is 5.56 Å². The summed E-state index contributed by atoms with van der Waals surface area (Å²) in [5, 5.41) is 3.42. The molecule has 0 aliphatic heterocycles. The molecule has 1 aromatic carbocycles. The first-order valence-corrected chi connectivity index (χ1v) is 7.44. The zero-order chi connectivity index (χ0) is 13.9. The van der Waals surface area contributed by atoms with Gasteiger partial charge >= 0.3 is 0 Å². The third kappa shape index (κ3) is 3.12. The summed E-state index contributed by atoms with van der Waals surface area (Å²) in [6.07, 6.45) is 1.76. The van der Waals surface area contributed by atoms with E-state index in [4.69, 9.17) is 0 Å². The molecule has 102 valence electrons. The van der Waals surface area contributed by atoms with E-state index < -0.39 is 10.0 Å². The number of hydrogen-bond acceptors (Lipinski definition) is 3. The van der Waals surface area contributed by atoms with E-state index in [2.05, 4.69) is 15.0 Å². The highest BCUT2D eigenvalue weighted by molar-refractivity contribution is 7.89. The number of aromatic amines is 1. The van der Waals surface area contributed by atoms with E-state index in [9.17, 15) is 13.2 Å². The zero-order valence-corrected chi connectivity index (χ0v) is 11.3. The van der Waals surface area contributed by atoms with Gasteiger partial charge in [0.2, 0.25) is 10.0 Å². The Balaban J connectivity index is 2.07. The van der Waals surface area contributed by atoms with Crippen molar-refractivity contribution >= 4 is 26.8 Å². The Morgan fingerprint density at radius 3 is 2.84 bits per heavy atom. The topological polar surface area (TPSA) is 91.1 Å². The van der Waals surface area contributed by atoms with Crippen LogP contribution < -0.4 is 10.0 Å². The van der Waals surface area contributed by atoms with Gasteiger partial charge in [0.15, 0.2) is 0 Å². The van der Waals surface area contributed by atoms with E-state index in [1.54, 1.807) is 18.3 Å². The minimum absolute atomic E-state index is 0.0722. The summed E-state index contributed by atoms with van der Waals surface area (Å²) < 4.78 is 24.6. The molecule has 2 aromatic rings. The quantitative estimate of drug-likeness (QED) is 0.743. The standard InChI is InChI=1S/C12H15N3O3S/c1-13-19(17,18)8-7-15-12(16)10-3-2-4-11-9(10)5-6-14-11/h2-6,13-14H,7-8H2,1H3,(H,15,16). The molecule has 0 spiro atoms. The van der Waals surface area contributed by atoms with Crippen LogP contribution in [0.4, 0.5) is 0 Å². The van der Waals surface area contributed by atoms with E-state index in [0.717, 1.165) is 10.9 Å². The second-order valence-corrected chi connectivity index (χ2v) is 6.07. The molecule has 1 aromatic heterocycles. The summed E-state index contributed by atoms with van der Waals surface area (Å²) >= 11 is 0. The van der Waals surface area contributed by atoms with Crippen molar-refractivity contribution < 1.29 is 13.2 Å². The van der Waals surface area contributed by atoms with Crippen LogP contribution in [-0.4, -0.2) is 38.7 Å². The molecule has 2 rings (SSSR count). The van der Waals surface area contributed by atoms with E-state index in [1.165, 1.54) is 7.05 Å². The number of carbonyl (C=O) groups excluding carboxylic acids is 1. The van der Waals surface area contributed by atoms with E-state index >= 15 is 0 Å². The van der Waals surface area contributed by atoms with Crippen LogP contribution in [0, 0.1) is 0 Å². The van der Waals surface area contributed by atoms with Gasteiger partial charge in [-0.15, -0.1) is 0 Å². The Bertz CT molecular complexity index is 691. The molecular weight excluding hydrogens is 266 g/mol. The second kappa shape index (κ2) is 5.41. The molecule has 0 radical (unpaired) electrons. The Kier molecular flexibility index (Phi) is 3.87. The average Bonchev–Trinajstić information content (AvgIpc) is 2.86. The van der Waals surface area contributed by atoms with Crippen molar-refractivity contribution in [1.29, 1.82) is 0 Å². The molecule has 19 heavy (non-hydrogen) atoms. The van der Waals surface area contributed by atoms with Gasteiger partial charge in [0.25, 0.3) is 5.91 Å². The van der Waals surface area contributed by atoms with Crippen molar-refractivity contribution in [3.8, 4) is 0 Å². The van der Waals surface area contributed by atoms with Crippen LogP contribution in [0.3, 0.4) is 0 Å². The number of amides is 1. The van der Waals surface area contributed by atoms with Crippen LogP contribution in [0.2, 0.25) is 0 Å². The van der Waals surface area contributed by atoms with Gasteiger partial charge in [-0.3, -0.25) is 4.79 Å². The lowest BCUT2D eigenvalue weighted by Crippen LogP contribution is -2.33. The van der Waals surface area contributed by atoms with Gasteiger partial charge in [-0.2, -0.15) is 0 Å².